The van der Waals surface area contributed by atoms with Crippen molar-refractivity contribution >= 4 is 34.8 Å². The average Bonchev–Trinajstić information content (AvgIpc) is 3.31. The van der Waals surface area contributed by atoms with E-state index in [0.29, 0.717) is 25.4 Å². The molecule has 2 fully saturated rings. The third-order valence-corrected chi connectivity index (χ3v) is 7.27. The number of rotatable bonds is 8. The predicted molar refractivity (Wildman–Crippen MR) is 136 cm³/mol. The molecule has 2 aliphatic rings. The van der Waals surface area contributed by atoms with E-state index in [9.17, 15) is 14.4 Å². The van der Waals surface area contributed by atoms with Crippen molar-refractivity contribution in [2.45, 2.75) is 38.8 Å². The molecule has 3 aromatic rings. The highest BCUT2D eigenvalue weighted by Crippen LogP contribution is 2.29. The minimum absolute atomic E-state index is 0.164. The Hall–Kier alpha value is -3.88. The number of methoxy groups -OCH3 is 1. The maximum absolute atomic E-state index is 13.2. The minimum atomic E-state index is -0.292. The van der Waals surface area contributed by atoms with Crippen LogP contribution in [0.1, 0.15) is 36.9 Å². The number of carbonyl (C=O) groups is 3. The van der Waals surface area contributed by atoms with Gasteiger partial charge in [0.15, 0.2) is 0 Å². The molecule has 36 heavy (non-hydrogen) atoms. The molecule has 0 saturated carbocycles. The van der Waals surface area contributed by atoms with E-state index < -0.39 is 0 Å². The van der Waals surface area contributed by atoms with E-state index in [1.54, 1.807) is 12.0 Å². The first-order chi connectivity index (χ1) is 17.6. The molecule has 5 rings (SSSR count). The number of aromatic nitrogens is 2. The molecule has 1 aromatic heterocycles. The number of nitrogens with zero attached hydrogens (tertiary/aromatic N) is 4. The second kappa shape index (κ2) is 10.4. The van der Waals surface area contributed by atoms with Crippen molar-refractivity contribution in [1.82, 2.24) is 20.0 Å². The molecular formula is C27H31N5O4. The summed E-state index contributed by atoms with van der Waals surface area (Å²) < 4.78 is 5.19. The molecule has 2 aliphatic heterocycles. The number of benzene rings is 2. The molecule has 0 spiro atoms. The molecule has 1 N–H and O–H groups in total. The van der Waals surface area contributed by atoms with Crippen LogP contribution in [0.3, 0.4) is 0 Å². The lowest BCUT2D eigenvalue weighted by atomic mass is 9.94. The number of H-pyrrole nitrogens is 1. The highest BCUT2D eigenvalue weighted by Gasteiger charge is 2.32. The third-order valence-electron chi connectivity index (χ3n) is 7.27. The summed E-state index contributed by atoms with van der Waals surface area (Å²) in [5.41, 5.74) is 3.70. The van der Waals surface area contributed by atoms with Crippen molar-refractivity contribution < 1.29 is 19.1 Å². The Kier molecular flexibility index (Phi) is 6.88. The zero-order chi connectivity index (χ0) is 25.1. The first-order valence-corrected chi connectivity index (χ1v) is 12.4. The molecular weight excluding hydrogens is 458 g/mol. The maximum atomic E-state index is 13.2. The molecule has 0 aliphatic carbocycles. The third kappa shape index (κ3) is 4.91. The Morgan fingerprint density at radius 3 is 2.56 bits per heavy atom. The number of anilines is 1. The van der Waals surface area contributed by atoms with Gasteiger partial charge in [-0.2, -0.15) is 5.10 Å². The van der Waals surface area contributed by atoms with Gasteiger partial charge in [0.05, 0.1) is 31.4 Å². The number of fused-ring (bicyclic) bond motifs is 1. The molecule has 0 unspecified atom stereocenters. The molecule has 0 radical (unpaired) electrons. The van der Waals surface area contributed by atoms with Crippen LogP contribution in [-0.4, -0.2) is 65.0 Å². The molecule has 0 atom stereocenters. The fourth-order valence-corrected chi connectivity index (χ4v) is 5.08. The van der Waals surface area contributed by atoms with Gasteiger partial charge in [-0.05, 0) is 54.7 Å². The van der Waals surface area contributed by atoms with Gasteiger partial charge in [0.25, 0.3) is 0 Å². The number of ether oxygens (including phenoxy) is 1. The summed E-state index contributed by atoms with van der Waals surface area (Å²) in [7, 11) is 1.60. The molecule has 2 aromatic carbocycles. The average molecular weight is 490 g/mol. The van der Waals surface area contributed by atoms with Crippen LogP contribution in [0.2, 0.25) is 0 Å². The molecule has 9 nitrogen and oxygen atoms in total. The number of aromatic amines is 1. The van der Waals surface area contributed by atoms with Gasteiger partial charge in [0.2, 0.25) is 5.91 Å². The summed E-state index contributed by atoms with van der Waals surface area (Å²) in [6.07, 6.45) is 4.00. The highest BCUT2D eigenvalue weighted by atomic mass is 16.5. The van der Waals surface area contributed by atoms with Crippen LogP contribution >= 0.6 is 0 Å². The van der Waals surface area contributed by atoms with E-state index in [0.717, 1.165) is 65.8 Å². The van der Waals surface area contributed by atoms with E-state index in [2.05, 4.69) is 33.3 Å². The van der Waals surface area contributed by atoms with Gasteiger partial charge in [-0.25, -0.2) is 4.79 Å². The summed E-state index contributed by atoms with van der Waals surface area (Å²) in [6.45, 7) is 2.83. The molecule has 9 heteroatoms. The molecule has 2 saturated heterocycles. The zero-order valence-electron chi connectivity index (χ0n) is 20.5. The second-order valence-electron chi connectivity index (χ2n) is 9.52. The first-order valence-electron chi connectivity index (χ1n) is 12.4. The van der Waals surface area contributed by atoms with Gasteiger partial charge >= 0.3 is 6.03 Å². The predicted octanol–water partition coefficient (Wildman–Crippen LogP) is 3.73. The number of hydrogen-bond donors (Lipinski definition) is 1. The second-order valence-corrected chi connectivity index (χ2v) is 9.52. The maximum Gasteiger partial charge on any atom is 0.327 e. The van der Waals surface area contributed by atoms with Gasteiger partial charge < -0.3 is 19.3 Å². The largest absolute Gasteiger partial charge is 0.497 e. The van der Waals surface area contributed by atoms with Crippen molar-refractivity contribution in [2.75, 3.05) is 31.6 Å². The molecule has 3 amide bonds. The first kappa shape index (κ1) is 23.8. The highest BCUT2D eigenvalue weighted by molar-refractivity contribution is 5.97. The summed E-state index contributed by atoms with van der Waals surface area (Å²) in [6, 6.07) is 13.3. The lowest BCUT2D eigenvalue weighted by Crippen LogP contribution is -2.51. The Morgan fingerprint density at radius 2 is 1.83 bits per heavy atom. The number of carbonyl (C=O) groups excluding carboxylic acids is 3. The van der Waals surface area contributed by atoms with Gasteiger partial charge in [-0.1, -0.05) is 12.1 Å². The van der Waals surface area contributed by atoms with Crippen LogP contribution < -0.4 is 9.64 Å². The number of imide groups is 1. The van der Waals surface area contributed by atoms with Crippen molar-refractivity contribution in [3.8, 4) is 5.75 Å². The fraction of sp³-hybridized carbons (Fsp3) is 0.407. The summed E-state index contributed by atoms with van der Waals surface area (Å²) in [4.78, 5) is 41.9. The molecule has 3 heterocycles. The Bertz CT molecular complexity index is 1250. The number of amides is 3. The van der Waals surface area contributed by atoms with Crippen LogP contribution in [0.4, 0.5) is 10.5 Å². The monoisotopic (exact) mass is 489 g/mol. The Morgan fingerprint density at radius 1 is 1.06 bits per heavy atom. The molecule has 0 bridgehead atoms. The summed E-state index contributed by atoms with van der Waals surface area (Å²) in [5.74, 6) is 1.05. The normalized spacial score (nSPS) is 17.2. The number of piperidine rings is 1. The SMILES string of the molecule is COc1ccc(CN2C(=O)CCN(Cc3[nH]nc4cc(N5CCC(CC=O)CC5)ccc34)C2=O)cc1. The fourth-order valence-electron chi connectivity index (χ4n) is 5.08. The lowest BCUT2D eigenvalue weighted by Gasteiger charge is -2.34. The van der Waals surface area contributed by atoms with Gasteiger partial charge in [-0.3, -0.25) is 14.8 Å². The van der Waals surface area contributed by atoms with Crippen LogP contribution in [0.5, 0.6) is 5.75 Å². The van der Waals surface area contributed by atoms with Crippen molar-refractivity contribution in [2.24, 2.45) is 5.92 Å². The number of hydrogen-bond acceptors (Lipinski definition) is 6. The van der Waals surface area contributed by atoms with Crippen molar-refractivity contribution in [3.05, 3.63) is 53.7 Å². The van der Waals surface area contributed by atoms with E-state index >= 15 is 0 Å². The van der Waals surface area contributed by atoms with Crippen molar-refractivity contribution in [3.63, 3.8) is 0 Å². The van der Waals surface area contributed by atoms with Crippen LogP contribution in [0, 0.1) is 5.92 Å². The summed E-state index contributed by atoms with van der Waals surface area (Å²) in [5, 5.41) is 8.58. The minimum Gasteiger partial charge on any atom is -0.497 e. The lowest BCUT2D eigenvalue weighted by molar-refractivity contribution is -0.131. The van der Waals surface area contributed by atoms with Gasteiger partial charge in [0.1, 0.15) is 12.0 Å². The van der Waals surface area contributed by atoms with E-state index in [4.69, 9.17) is 4.74 Å². The van der Waals surface area contributed by atoms with Crippen molar-refractivity contribution in [1.29, 1.82) is 0 Å². The van der Waals surface area contributed by atoms with Crippen LogP contribution in [-0.2, 0) is 22.7 Å². The molecule has 188 valence electrons. The number of nitrogens with one attached hydrogen (secondary N) is 1. The van der Waals surface area contributed by atoms with E-state index in [1.165, 1.54) is 4.90 Å². The van der Waals surface area contributed by atoms with Gasteiger partial charge in [0, 0.05) is 43.5 Å². The number of urea groups is 1. The topological polar surface area (TPSA) is 98.8 Å². The van der Waals surface area contributed by atoms with E-state index in [1.807, 2.05) is 24.3 Å². The Labute approximate surface area is 210 Å². The number of aldehydes is 1. The zero-order valence-corrected chi connectivity index (χ0v) is 20.5. The van der Waals surface area contributed by atoms with E-state index in [-0.39, 0.29) is 24.9 Å². The summed E-state index contributed by atoms with van der Waals surface area (Å²) >= 11 is 0. The van der Waals surface area contributed by atoms with Crippen LogP contribution in [0.15, 0.2) is 42.5 Å². The van der Waals surface area contributed by atoms with Crippen LogP contribution in [0.25, 0.3) is 10.9 Å². The smallest absolute Gasteiger partial charge is 0.327 e. The quantitative estimate of drug-likeness (QED) is 0.484. The standard InChI is InChI=1S/C27H31N5O4/c1-36-22-5-2-20(3-6-22)17-32-26(34)10-14-31(27(32)35)18-25-23-7-4-21(16-24(23)28-29-25)30-12-8-19(9-13-30)11-15-33/h2-7,15-16,19H,8-14,17-18H2,1H3,(H,28,29). The Balaban J connectivity index is 1.26. The van der Waals surface area contributed by atoms with Gasteiger partial charge in [-0.15, -0.1) is 0 Å².